The van der Waals surface area contributed by atoms with Crippen molar-refractivity contribution in [1.82, 2.24) is 19.7 Å². The number of fused-ring (bicyclic) bond motifs is 1. The van der Waals surface area contributed by atoms with Crippen LogP contribution in [0.5, 0.6) is 0 Å². The number of H-pyrrole nitrogens is 1. The standard InChI is InChI=1S/C16H14F3N5O/c17-16(18,19)10-3-5-11(6-4-10)24-9-12-13(22-24)20-15(21-14(12)25)23-7-1-2-8-23/h3-6,9H,1-2,7-8H2,(H,20,21,22,25). The first-order chi connectivity index (χ1) is 11.9. The van der Waals surface area contributed by atoms with Crippen LogP contribution in [0.3, 0.4) is 0 Å². The molecule has 3 aromatic rings. The summed E-state index contributed by atoms with van der Waals surface area (Å²) in [6, 6.07) is 4.58. The van der Waals surface area contributed by atoms with Crippen LogP contribution >= 0.6 is 0 Å². The predicted octanol–water partition coefficient (Wildman–Crippen LogP) is 2.73. The highest BCUT2D eigenvalue weighted by Gasteiger charge is 2.30. The fourth-order valence-electron chi connectivity index (χ4n) is 2.92. The van der Waals surface area contributed by atoms with Crippen molar-refractivity contribution in [2.45, 2.75) is 19.0 Å². The van der Waals surface area contributed by atoms with Crippen molar-refractivity contribution in [3.8, 4) is 5.69 Å². The molecular formula is C16H14F3N5O. The highest BCUT2D eigenvalue weighted by Crippen LogP contribution is 2.29. The zero-order valence-electron chi connectivity index (χ0n) is 13.0. The van der Waals surface area contributed by atoms with Gasteiger partial charge in [-0.1, -0.05) is 0 Å². The summed E-state index contributed by atoms with van der Waals surface area (Å²) < 4.78 is 39.3. The zero-order valence-corrected chi connectivity index (χ0v) is 13.0. The molecule has 0 aliphatic carbocycles. The van der Waals surface area contributed by atoms with E-state index >= 15 is 0 Å². The largest absolute Gasteiger partial charge is 0.416 e. The smallest absolute Gasteiger partial charge is 0.342 e. The van der Waals surface area contributed by atoms with E-state index in [-0.39, 0.29) is 11.2 Å². The maximum absolute atomic E-state index is 12.7. The van der Waals surface area contributed by atoms with Crippen molar-refractivity contribution in [1.29, 1.82) is 0 Å². The molecule has 130 valence electrons. The van der Waals surface area contributed by atoms with Gasteiger partial charge in [0.15, 0.2) is 5.65 Å². The topological polar surface area (TPSA) is 66.8 Å². The maximum atomic E-state index is 12.7. The van der Waals surface area contributed by atoms with Gasteiger partial charge in [0.1, 0.15) is 5.39 Å². The number of hydrogen-bond acceptors (Lipinski definition) is 4. The number of hydrogen-bond donors (Lipinski definition) is 1. The second-order valence-corrected chi connectivity index (χ2v) is 5.94. The molecule has 1 aliphatic rings. The Bertz CT molecular complexity index is 968. The fourth-order valence-corrected chi connectivity index (χ4v) is 2.92. The van der Waals surface area contributed by atoms with Gasteiger partial charge in [0.25, 0.3) is 5.56 Å². The summed E-state index contributed by atoms with van der Waals surface area (Å²) in [5.74, 6) is 0.479. The van der Waals surface area contributed by atoms with Crippen molar-refractivity contribution >= 4 is 17.0 Å². The third-order valence-electron chi connectivity index (χ3n) is 4.24. The van der Waals surface area contributed by atoms with Gasteiger partial charge >= 0.3 is 6.18 Å². The number of halogens is 3. The third-order valence-corrected chi connectivity index (χ3v) is 4.24. The van der Waals surface area contributed by atoms with Crippen molar-refractivity contribution in [2.75, 3.05) is 18.0 Å². The van der Waals surface area contributed by atoms with E-state index in [1.54, 1.807) is 0 Å². The highest BCUT2D eigenvalue weighted by atomic mass is 19.4. The number of rotatable bonds is 2. The van der Waals surface area contributed by atoms with Crippen LogP contribution in [0.2, 0.25) is 0 Å². The monoisotopic (exact) mass is 349 g/mol. The summed E-state index contributed by atoms with van der Waals surface area (Å²) in [5.41, 5.74) is -0.357. The Balaban J connectivity index is 1.73. The third kappa shape index (κ3) is 2.86. The Morgan fingerprint density at radius 2 is 1.76 bits per heavy atom. The Morgan fingerprint density at radius 1 is 1.08 bits per heavy atom. The molecule has 1 fully saturated rings. The number of aromatic nitrogens is 4. The molecule has 3 heterocycles. The van der Waals surface area contributed by atoms with E-state index in [4.69, 9.17) is 0 Å². The molecule has 0 bridgehead atoms. The van der Waals surface area contributed by atoms with E-state index in [9.17, 15) is 18.0 Å². The van der Waals surface area contributed by atoms with Crippen LogP contribution in [0, 0.1) is 0 Å². The molecule has 25 heavy (non-hydrogen) atoms. The molecule has 0 radical (unpaired) electrons. The minimum Gasteiger partial charge on any atom is -0.342 e. The van der Waals surface area contributed by atoms with Gasteiger partial charge in [-0.25, -0.2) is 4.68 Å². The number of nitrogens with zero attached hydrogens (tertiary/aromatic N) is 4. The van der Waals surface area contributed by atoms with E-state index in [0.717, 1.165) is 38.1 Å². The van der Waals surface area contributed by atoms with E-state index < -0.39 is 11.7 Å². The lowest BCUT2D eigenvalue weighted by Crippen LogP contribution is -2.23. The van der Waals surface area contributed by atoms with Crippen molar-refractivity contribution < 1.29 is 13.2 Å². The molecule has 1 N–H and O–H groups in total. The predicted molar refractivity (Wildman–Crippen MR) is 85.9 cm³/mol. The van der Waals surface area contributed by atoms with Gasteiger partial charge in [-0.15, -0.1) is 5.10 Å². The Hall–Kier alpha value is -2.84. The molecule has 1 saturated heterocycles. The quantitative estimate of drug-likeness (QED) is 0.773. The summed E-state index contributed by atoms with van der Waals surface area (Å²) in [6.45, 7) is 1.65. The molecule has 1 aromatic carbocycles. The lowest BCUT2D eigenvalue weighted by molar-refractivity contribution is -0.137. The van der Waals surface area contributed by atoms with Gasteiger partial charge in [-0.3, -0.25) is 9.78 Å². The van der Waals surface area contributed by atoms with Crippen molar-refractivity contribution in [2.24, 2.45) is 0 Å². The van der Waals surface area contributed by atoms with Gasteiger partial charge in [0.2, 0.25) is 5.95 Å². The van der Waals surface area contributed by atoms with Gasteiger partial charge in [0.05, 0.1) is 11.3 Å². The lowest BCUT2D eigenvalue weighted by Gasteiger charge is -2.14. The number of benzene rings is 1. The average Bonchev–Trinajstić information content (AvgIpc) is 3.24. The Kier molecular flexibility index (Phi) is 3.52. The Labute approximate surface area is 139 Å². The SMILES string of the molecule is O=c1[nH]c(N2CCCC2)nc2nn(-c3ccc(C(F)(F)F)cc3)cc12. The van der Waals surface area contributed by atoms with Crippen LogP contribution in [0.15, 0.2) is 35.3 Å². The van der Waals surface area contributed by atoms with E-state index in [0.29, 0.717) is 17.0 Å². The summed E-state index contributed by atoms with van der Waals surface area (Å²) in [6.07, 6.45) is -0.836. The molecule has 0 atom stereocenters. The first kappa shape index (κ1) is 15.7. The summed E-state index contributed by atoms with van der Waals surface area (Å²) in [4.78, 5) is 21.4. The minimum absolute atomic E-state index is 0.269. The number of aromatic amines is 1. The van der Waals surface area contributed by atoms with Crippen molar-refractivity contribution in [3.63, 3.8) is 0 Å². The number of alkyl halides is 3. The first-order valence-corrected chi connectivity index (χ1v) is 7.84. The number of anilines is 1. The van der Waals surface area contributed by atoms with Crippen LogP contribution in [0.25, 0.3) is 16.7 Å². The number of nitrogens with one attached hydrogen (secondary N) is 1. The van der Waals surface area contributed by atoms with Crippen LogP contribution in [0.4, 0.5) is 19.1 Å². The Morgan fingerprint density at radius 3 is 2.40 bits per heavy atom. The normalized spacial score (nSPS) is 15.2. The molecule has 2 aromatic heterocycles. The van der Waals surface area contributed by atoms with Gasteiger partial charge in [0, 0.05) is 19.3 Å². The molecule has 4 rings (SSSR count). The van der Waals surface area contributed by atoms with Crippen LogP contribution in [-0.2, 0) is 6.18 Å². The van der Waals surface area contributed by atoms with Gasteiger partial charge in [-0.2, -0.15) is 18.2 Å². The maximum Gasteiger partial charge on any atom is 0.416 e. The van der Waals surface area contributed by atoms with E-state index in [1.165, 1.54) is 23.0 Å². The minimum atomic E-state index is -4.39. The molecule has 1 aliphatic heterocycles. The van der Waals surface area contributed by atoms with Crippen molar-refractivity contribution in [3.05, 3.63) is 46.4 Å². The summed E-state index contributed by atoms with van der Waals surface area (Å²) in [5, 5.41) is 4.54. The molecular weight excluding hydrogens is 335 g/mol. The molecule has 0 amide bonds. The molecule has 0 saturated carbocycles. The molecule has 0 unspecified atom stereocenters. The second-order valence-electron chi connectivity index (χ2n) is 5.94. The molecule has 9 heteroatoms. The summed E-state index contributed by atoms with van der Waals surface area (Å²) in [7, 11) is 0. The lowest BCUT2D eigenvalue weighted by atomic mass is 10.2. The first-order valence-electron chi connectivity index (χ1n) is 7.84. The second kappa shape index (κ2) is 5.61. The van der Waals surface area contributed by atoms with Gasteiger partial charge in [-0.05, 0) is 37.1 Å². The van der Waals surface area contributed by atoms with Crippen LogP contribution in [0.1, 0.15) is 18.4 Å². The highest BCUT2D eigenvalue weighted by molar-refractivity contribution is 5.74. The van der Waals surface area contributed by atoms with Gasteiger partial charge < -0.3 is 4.90 Å². The van der Waals surface area contributed by atoms with E-state index in [2.05, 4.69) is 15.1 Å². The van der Waals surface area contributed by atoms with Crippen LogP contribution in [-0.4, -0.2) is 32.8 Å². The van der Waals surface area contributed by atoms with Crippen LogP contribution < -0.4 is 10.5 Å². The van der Waals surface area contributed by atoms with E-state index in [1.807, 2.05) is 4.90 Å². The average molecular weight is 349 g/mol. The zero-order chi connectivity index (χ0) is 17.6. The molecule has 0 spiro atoms. The summed E-state index contributed by atoms with van der Waals surface area (Å²) >= 11 is 0. The molecule has 6 nitrogen and oxygen atoms in total. The fraction of sp³-hybridized carbons (Fsp3) is 0.312.